The summed E-state index contributed by atoms with van der Waals surface area (Å²) in [7, 11) is 0. The van der Waals surface area contributed by atoms with Crippen LogP contribution in [0.3, 0.4) is 0 Å². The van der Waals surface area contributed by atoms with Gasteiger partial charge in [0.15, 0.2) is 0 Å². The van der Waals surface area contributed by atoms with Gasteiger partial charge in [0, 0.05) is 5.41 Å². The summed E-state index contributed by atoms with van der Waals surface area (Å²) in [6.07, 6.45) is 2.31. The fraction of sp³-hybridized carbons (Fsp3) is 0.481. The van der Waals surface area contributed by atoms with E-state index in [1.165, 1.54) is 0 Å². The van der Waals surface area contributed by atoms with E-state index in [0.29, 0.717) is 23.0 Å². The van der Waals surface area contributed by atoms with Crippen LogP contribution in [-0.4, -0.2) is 45.1 Å². The van der Waals surface area contributed by atoms with Crippen LogP contribution in [0.15, 0.2) is 60.7 Å². The highest BCUT2D eigenvalue weighted by molar-refractivity contribution is 5.87. The Balaban J connectivity index is 0.000000489. The second-order valence-corrected chi connectivity index (χ2v) is 8.74. The standard InChI is InChI=1S/C13H28O2.2C7H6O2/c1-6-12(15)13(9-14,11(4)5)8-7-10(2)3;2*8-7(9)6-4-2-1-3-5-6/h10-12,14-15H,6-9H2,1-5H3;2*1-5H,(H,8,9). The lowest BCUT2D eigenvalue weighted by atomic mass is 9.68. The molecular weight excluding hydrogens is 420 g/mol. The molecule has 0 aromatic heterocycles. The predicted molar refractivity (Wildman–Crippen MR) is 132 cm³/mol. The van der Waals surface area contributed by atoms with Gasteiger partial charge in [-0.05, 0) is 48.9 Å². The number of hydrogen-bond acceptors (Lipinski definition) is 4. The van der Waals surface area contributed by atoms with Crippen LogP contribution in [0.25, 0.3) is 0 Å². The van der Waals surface area contributed by atoms with Gasteiger partial charge in [0.05, 0.1) is 23.8 Å². The van der Waals surface area contributed by atoms with Gasteiger partial charge in [-0.1, -0.05) is 77.4 Å². The third-order valence-electron chi connectivity index (χ3n) is 5.72. The molecule has 2 unspecified atom stereocenters. The van der Waals surface area contributed by atoms with Crippen LogP contribution in [0.5, 0.6) is 0 Å². The highest BCUT2D eigenvalue weighted by Crippen LogP contribution is 2.38. The first-order chi connectivity index (χ1) is 15.5. The van der Waals surface area contributed by atoms with Gasteiger partial charge < -0.3 is 20.4 Å². The Labute approximate surface area is 197 Å². The highest BCUT2D eigenvalue weighted by atomic mass is 16.4. The average Bonchev–Trinajstić information content (AvgIpc) is 2.81. The zero-order chi connectivity index (χ0) is 25.4. The number of aliphatic hydroxyl groups excluding tert-OH is 2. The van der Waals surface area contributed by atoms with Crippen molar-refractivity contribution in [3.63, 3.8) is 0 Å². The minimum absolute atomic E-state index is 0.0897. The lowest BCUT2D eigenvalue weighted by Gasteiger charge is -2.40. The van der Waals surface area contributed by atoms with Crippen molar-refractivity contribution in [1.82, 2.24) is 0 Å². The van der Waals surface area contributed by atoms with E-state index >= 15 is 0 Å². The van der Waals surface area contributed by atoms with E-state index in [1.54, 1.807) is 60.7 Å². The molecule has 0 bridgehead atoms. The van der Waals surface area contributed by atoms with E-state index in [4.69, 9.17) is 10.2 Å². The zero-order valence-corrected chi connectivity index (χ0v) is 20.4. The van der Waals surface area contributed by atoms with Gasteiger partial charge in [-0.2, -0.15) is 0 Å². The smallest absolute Gasteiger partial charge is 0.335 e. The fourth-order valence-electron chi connectivity index (χ4n) is 3.33. The molecule has 184 valence electrons. The Morgan fingerprint density at radius 3 is 1.42 bits per heavy atom. The predicted octanol–water partition coefficient (Wildman–Crippen LogP) is 5.60. The number of rotatable bonds is 9. The summed E-state index contributed by atoms with van der Waals surface area (Å²) >= 11 is 0. The molecule has 0 fully saturated rings. The maximum Gasteiger partial charge on any atom is 0.335 e. The summed E-state index contributed by atoms with van der Waals surface area (Å²) in [4.78, 5) is 20.4. The minimum Gasteiger partial charge on any atom is -0.478 e. The Morgan fingerprint density at radius 1 is 0.818 bits per heavy atom. The number of carbonyl (C=O) groups is 2. The summed E-state index contributed by atoms with van der Waals surface area (Å²) < 4.78 is 0. The van der Waals surface area contributed by atoms with Gasteiger partial charge in [0.1, 0.15) is 0 Å². The Hall–Kier alpha value is -2.70. The molecule has 0 spiro atoms. The first-order valence-electron chi connectivity index (χ1n) is 11.4. The van der Waals surface area contributed by atoms with Gasteiger partial charge in [-0.3, -0.25) is 0 Å². The third-order valence-corrected chi connectivity index (χ3v) is 5.72. The molecule has 6 heteroatoms. The van der Waals surface area contributed by atoms with Crippen molar-refractivity contribution >= 4 is 11.9 Å². The van der Waals surface area contributed by atoms with Gasteiger partial charge in [0.25, 0.3) is 0 Å². The molecule has 2 atom stereocenters. The topological polar surface area (TPSA) is 115 Å². The van der Waals surface area contributed by atoms with Crippen LogP contribution >= 0.6 is 0 Å². The van der Waals surface area contributed by atoms with Crippen LogP contribution in [0.2, 0.25) is 0 Å². The second kappa shape index (κ2) is 16.0. The molecule has 0 saturated heterocycles. The first kappa shape index (κ1) is 30.3. The fourth-order valence-corrected chi connectivity index (χ4v) is 3.33. The molecule has 0 radical (unpaired) electrons. The largest absolute Gasteiger partial charge is 0.478 e. The van der Waals surface area contributed by atoms with Gasteiger partial charge in [-0.25, -0.2) is 9.59 Å². The van der Waals surface area contributed by atoms with E-state index < -0.39 is 11.9 Å². The summed E-state index contributed by atoms with van der Waals surface area (Å²) in [5.41, 5.74) is 0.356. The van der Waals surface area contributed by atoms with Crippen LogP contribution in [0.1, 0.15) is 74.6 Å². The average molecular weight is 461 g/mol. The molecule has 2 rings (SSSR count). The molecule has 0 saturated carbocycles. The van der Waals surface area contributed by atoms with E-state index in [9.17, 15) is 19.8 Å². The van der Waals surface area contributed by atoms with Crippen molar-refractivity contribution in [1.29, 1.82) is 0 Å². The molecular formula is C27H40O6. The molecule has 33 heavy (non-hydrogen) atoms. The number of aromatic carboxylic acids is 2. The third kappa shape index (κ3) is 11.1. The number of carboxylic acid groups (broad SMARTS) is 2. The molecule has 4 N–H and O–H groups in total. The minimum atomic E-state index is -0.879. The van der Waals surface area contributed by atoms with E-state index in [0.717, 1.165) is 19.3 Å². The Morgan fingerprint density at radius 2 is 1.21 bits per heavy atom. The molecule has 6 nitrogen and oxygen atoms in total. The highest BCUT2D eigenvalue weighted by Gasteiger charge is 2.39. The van der Waals surface area contributed by atoms with Crippen molar-refractivity contribution in [2.24, 2.45) is 17.3 Å². The Kier molecular flexibility index (Phi) is 14.7. The van der Waals surface area contributed by atoms with Crippen molar-refractivity contribution in [2.75, 3.05) is 6.61 Å². The molecule has 2 aromatic carbocycles. The quantitative estimate of drug-likeness (QED) is 0.387. The first-order valence-corrected chi connectivity index (χ1v) is 11.4. The Bertz CT molecular complexity index is 739. The van der Waals surface area contributed by atoms with Crippen molar-refractivity contribution in [2.45, 2.75) is 60.0 Å². The summed E-state index contributed by atoms with van der Waals surface area (Å²) in [6, 6.07) is 16.6. The monoisotopic (exact) mass is 460 g/mol. The summed E-state index contributed by atoms with van der Waals surface area (Å²) in [5.74, 6) is -0.818. The van der Waals surface area contributed by atoms with Crippen LogP contribution in [-0.2, 0) is 0 Å². The van der Waals surface area contributed by atoms with Crippen molar-refractivity contribution < 1.29 is 30.0 Å². The normalized spacial score (nSPS) is 13.1. The van der Waals surface area contributed by atoms with Gasteiger partial charge in [-0.15, -0.1) is 0 Å². The maximum atomic E-state index is 10.2. The summed E-state index contributed by atoms with van der Waals surface area (Å²) in [6.45, 7) is 10.6. The summed E-state index contributed by atoms with van der Waals surface area (Å²) in [5, 5.41) is 36.5. The van der Waals surface area contributed by atoms with Crippen LogP contribution < -0.4 is 0 Å². The number of aliphatic hydroxyl groups is 2. The number of hydrogen-bond donors (Lipinski definition) is 4. The van der Waals surface area contributed by atoms with Crippen molar-refractivity contribution in [3.05, 3.63) is 71.8 Å². The van der Waals surface area contributed by atoms with Crippen LogP contribution in [0.4, 0.5) is 0 Å². The van der Waals surface area contributed by atoms with E-state index in [-0.39, 0.29) is 18.1 Å². The SMILES string of the molecule is CCC(O)C(CO)(CCC(C)C)C(C)C.O=C(O)c1ccccc1.O=C(O)c1ccccc1. The van der Waals surface area contributed by atoms with Crippen LogP contribution in [0, 0.1) is 17.3 Å². The van der Waals surface area contributed by atoms with Crippen molar-refractivity contribution in [3.8, 4) is 0 Å². The van der Waals surface area contributed by atoms with Gasteiger partial charge in [0.2, 0.25) is 0 Å². The maximum absolute atomic E-state index is 10.2. The molecule has 0 amide bonds. The molecule has 2 aromatic rings. The molecule has 0 heterocycles. The lowest BCUT2D eigenvalue weighted by molar-refractivity contribution is -0.0599. The molecule has 0 aliphatic rings. The number of carboxylic acids is 2. The molecule has 0 aliphatic heterocycles. The van der Waals surface area contributed by atoms with Gasteiger partial charge >= 0.3 is 11.9 Å². The van der Waals surface area contributed by atoms with E-state index in [1.807, 2.05) is 6.92 Å². The zero-order valence-electron chi connectivity index (χ0n) is 20.4. The second-order valence-electron chi connectivity index (χ2n) is 8.74. The molecule has 0 aliphatic carbocycles. The van der Waals surface area contributed by atoms with E-state index in [2.05, 4.69) is 27.7 Å². The lowest BCUT2D eigenvalue weighted by Crippen LogP contribution is -2.43. The number of benzene rings is 2.